The van der Waals surface area contributed by atoms with Gasteiger partial charge in [-0.15, -0.1) is 0 Å². The summed E-state index contributed by atoms with van der Waals surface area (Å²) in [5.41, 5.74) is 9.65. The first-order valence-corrected chi connectivity index (χ1v) is 12.9. The average molecular weight is 470 g/mol. The van der Waals surface area contributed by atoms with Gasteiger partial charge in [0.05, 0.1) is 0 Å². The van der Waals surface area contributed by atoms with Crippen molar-refractivity contribution in [1.82, 2.24) is 15.5 Å². The van der Waals surface area contributed by atoms with Crippen LogP contribution in [0.3, 0.4) is 0 Å². The van der Waals surface area contributed by atoms with Crippen molar-refractivity contribution in [3.05, 3.63) is 69.4 Å². The third kappa shape index (κ3) is 3.81. The summed E-state index contributed by atoms with van der Waals surface area (Å²) in [4.78, 5) is 15.6. The Kier molecular flexibility index (Phi) is 5.42. The fourth-order valence-corrected chi connectivity index (χ4v) is 6.16. The highest BCUT2D eigenvalue weighted by atomic mass is 32.1. The molecule has 0 saturated heterocycles. The maximum absolute atomic E-state index is 10.9. The molecule has 1 unspecified atom stereocenters. The van der Waals surface area contributed by atoms with E-state index in [1.807, 2.05) is 0 Å². The molecule has 6 heteroatoms. The predicted molar refractivity (Wildman–Crippen MR) is 135 cm³/mol. The Bertz CT molecular complexity index is 1370. The quantitative estimate of drug-likeness (QED) is 0.336. The van der Waals surface area contributed by atoms with Crippen LogP contribution < -0.4 is 5.32 Å². The van der Waals surface area contributed by atoms with Gasteiger partial charge in [0.2, 0.25) is 5.82 Å². The smallest absolute Gasteiger partial charge is 0.258 e. The van der Waals surface area contributed by atoms with Crippen molar-refractivity contribution in [2.45, 2.75) is 51.6 Å². The van der Waals surface area contributed by atoms with Crippen LogP contribution in [0, 0.1) is 19.8 Å². The van der Waals surface area contributed by atoms with Gasteiger partial charge in [-0.3, -0.25) is 0 Å². The summed E-state index contributed by atoms with van der Waals surface area (Å²) in [7, 11) is 0. The van der Waals surface area contributed by atoms with Crippen LogP contribution in [0.4, 0.5) is 0 Å². The van der Waals surface area contributed by atoms with E-state index in [-0.39, 0.29) is 5.92 Å². The van der Waals surface area contributed by atoms with Crippen molar-refractivity contribution in [3.8, 4) is 34.0 Å². The molecule has 5 nitrogen and oxygen atoms in total. The van der Waals surface area contributed by atoms with Crippen LogP contribution in [0.25, 0.3) is 34.0 Å². The summed E-state index contributed by atoms with van der Waals surface area (Å²) in [5.74, 6) is 1.41. The van der Waals surface area contributed by atoms with Crippen molar-refractivity contribution in [2.75, 3.05) is 0 Å². The molecule has 1 N–H and O–H groups in total. The van der Waals surface area contributed by atoms with E-state index >= 15 is 0 Å². The van der Waals surface area contributed by atoms with Gasteiger partial charge in [-0.2, -0.15) is 16.3 Å². The number of rotatable bonds is 6. The minimum absolute atomic E-state index is 0.243. The molecule has 2 aromatic carbocycles. The van der Waals surface area contributed by atoms with Gasteiger partial charge in [-0.1, -0.05) is 23.4 Å². The molecule has 2 aliphatic carbocycles. The standard InChI is InChI=1S/C28H27N3O2S/c1-16-9-21(4-6-23(16)25-15-34-14-17(25)2)28-30-27(31-33-28)20-3-7-24-19(12-20)5-8-26(24)29-22-10-18(11-22)13-32/h3-4,6-7,9,12-15,18,22,26,29H,5,8,10-11H2,1-2H3/t18-,22-,26?. The predicted octanol–water partition coefficient (Wildman–Crippen LogP) is 6.30. The molecule has 2 aromatic heterocycles. The van der Waals surface area contributed by atoms with Gasteiger partial charge in [0.1, 0.15) is 6.29 Å². The van der Waals surface area contributed by atoms with Gasteiger partial charge < -0.3 is 14.6 Å². The molecule has 34 heavy (non-hydrogen) atoms. The molecule has 0 bridgehead atoms. The zero-order valence-electron chi connectivity index (χ0n) is 19.4. The van der Waals surface area contributed by atoms with E-state index in [1.54, 1.807) is 11.3 Å². The van der Waals surface area contributed by atoms with Gasteiger partial charge in [0.15, 0.2) is 0 Å². The lowest BCUT2D eigenvalue weighted by molar-refractivity contribution is -0.113. The van der Waals surface area contributed by atoms with Crippen LogP contribution in [-0.4, -0.2) is 22.5 Å². The number of nitrogens with one attached hydrogen (secondary N) is 1. The van der Waals surface area contributed by atoms with Crippen LogP contribution >= 0.6 is 11.3 Å². The van der Waals surface area contributed by atoms with Crippen molar-refractivity contribution < 1.29 is 9.32 Å². The van der Waals surface area contributed by atoms with Crippen LogP contribution in [0.2, 0.25) is 0 Å². The fourth-order valence-electron chi connectivity index (χ4n) is 5.32. The maximum Gasteiger partial charge on any atom is 0.258 e. The molecule has 2 aliphatic rings. The number of hydrogen-bond acceptors (Lipinski definition) is 6. The van der Waals surface area contributed by atoms with E-state index in [4.69, 9.17) is 9.51 Å². The molecule has 0 amide bonds. The molecule has 0 radical (unpaired) electrons. The zero-order valence-corrected chi connectivity index (χ0v) is 20.2. The summed E-state index contributed by atoms with van der Waals surface area (Å²) < 4.78 is 5.65. The molecule has 172 valence electrons. The molecular weight excluding hydrogens is 442 g/mol. The van der Waals surface area contributed by atoms with Crippen molar-refractivity contribution in [2.24, 2.45) is 5.92 Å². The minimum atomic E-state index is 0.243. The van der Waals surface area contributed by atoms with Crippen molar-refractivity contribution in [3.63, 3.8) is 0 Å². The highest BCUT2D eigenvalue weighted by Gasteiger charge is 2.32. The summed E-state index contributed by atoms with van der Waals surface area (Å²) in [6, 6.07) is 13.7. The lowest BCUT2D eigenvalue weighted by Gasteiger charge is -2.35. The Hall–Kier alpha value is -3.09. The lowest BCUT2D eigenvalue weighted by Crippen LogP contribution is -2.43. The van der Waals surface area contributed by atoms with Crippen molar-refractivity contribution in [1.29, 1.82) is 0 Å². The van der Waals surface area contributed by atoms with E-state index in [1.165, 1.54) is 33.4 Å². The summed E-state index contributed by atoms with van der Waals surface area (Å²) >= 11 is 1.73. The average Bonchev–Trinajstić information content (AvgIpc) is 3.55. The number of aryl methyl sites for hydroxylation is 3. The monoisotopic (exact) mass is 469 g/mol. The summed E-state index contributed by atoms with van der Waals surface area (Å²) in [6.07, 6.45) is 5.15. The van der Waals surface area contributed by atoms with Gasteiger partial charge in [-0.25, -0.2) is 0 Å². The third-order valence-electron chi connectivity index (χ3n) is 7.33. The van der Waals surface area contributed by atoms with Gasteiger partial charge in [0.25, 0.3) is 5.89 Å². The van der Waals surface area contributed by atoms with E-state index in [2.05, 4.69) is 71.5 Å². The molecule has 1 fully saturated rings. The first-order chi connectivity index (χ1) is 16.6. The van der Waals surface area contributed by atoms with E-state index < -0.39 is 0 Å². The molecule has 6 rings (SSSR count). The topological polar surface area (TPSA) is 68.0 Å². The molecule has 1 saturated carbocycles. The highest BCUT2D eigenvalue weighted by Crippen LogP contribution is 2.37. The summed E-state index contributed by atoms with van der Waals surface area (Å²) in [5, 5.41) is 12.4. The first kappa shape index (κ1) is 21.4. The highest BCUT2D eigenvalue weighted by molar-refractivity contribution is 7.08. The second-order valence-electron chi connectivity index (χ2n) is 9.66. The van der Waals surface area contributed by atoms with Crippen molar-refractivity contribution >= 4 is 17.6 Å². The van der Waals surface area contributed by atoms with E-state index in [0.717, 1.165) is 43.1 Å². The van der Waals surface area contributed by atoms with E-state index in [0.29, 0.717) is 23.8 Å². The Balaban J connectivity index is 1.20. The Morgan fingerprint density at radius 3 is 2.65 bits per heavy atom. The van der Waals surface area contributed by atoms with Gasteiger partial charge >= 0.3 is 0 Å². The maximum atomic E-state index is 10.9. The Labute approximate surface area is 203 Å². The molecule has 0 aliphatic heterocycles. The Morgan fingerprint density at radius 2 is 1.88 bits per heavy atom. The van der Waals surface area contributed by atoms with Crippen LogP contribution in [0.15, 0.2) is 51.7 Å². The number of benzene rings is 2. The number of aromatic nitrogens is 2. The van der Waals surface area contributed by atoms with Gasteiger partial charge in [0, 0.05) is 29.1 Å². The molecule has 0 spiro atoms. The van der Waals surface area contributed by atoms with Crippen LogP contribution in [0.5, 0.6) is 0 Å². The second-order valence-corrected chi connectivity index (χ2v) is 10.4. The zero-order chi connectivity index (χ0) is 23.2. The van der Waals surface area contributed by atoms with Gasteiger partial charge in [-0.05, 0) is 102 Å². The number of thiophene rings is 1. The molecule has 1 atom stereocenters. The molecular formula is C28H27N3O2S. The Morgan fingerprint density at radius 1 is 1.03 bits per heavy atom. The number of carbonyl (C=O) groups is 1. The molecule has 2 heterocycles. The largest absolute Gasteiger partial charge is 0.334 e. The SMILES string of the molecule is Cc1cc(-c2nc(-c3ccc4c(c3)CCC4N[C@H]3C[C@H](C=O)C3)no2)ccc1-c1cscc1C. The fraction of sp³-hybridized carbons (Fsp3) is 0.321. The number of nitrogens with zero attached hydrogens (tertiary/aromatic N) is 2. The third-order valence-corrected chi connectivity index (χ3v) is 8.19. The first-order valence-electron chi connectivity index (χ1n) is 11.9. The molecule has 4 aromatic rings. The second kappa shape index (κ2) is 8.60. The normalized spacial score (nSPS) is 21.3. The number of fused-ring (bicyclic) bond motifs is 1. The number of carbonyl (C=O) groups excluding carboxylic acids is 1. The summed E-state index contributed by atoms with van der Waals surface area (Å²) in [6.45, 7) is 4.27. The van der Waals surface area contributed by atoms with Crippen LogP contribution in [-0.2, 0) is 11.2 Å². The lowest BCUT2D eigenvalue weighted by atomic mass is 9.81. The number of aldehydes is 1. The number of hydrogen-bond donors (Lipinski definition) is 1. The minimum Gasteiger partial charge on any atom is -0.334 e. The van der Waals surface area contributed by atoms with E-state index in [9.17, 15) is 4.79 Å². The van der Waals surface area contributed by atoms with Crippen LogP contribution in [0.1, 0.15) is 47.6 Å².